The standard InChI is InChI=1S/C20H16N4O5/c25-19(15-10-17(28-23-15)16-2-1-9-26-16)21-13-5-7-14(8-6-13)27-11-18-22-20(29-24-18)12-3-4-12/h1-2,5-10,12H,3-4,11H2,(H,21,25). The number of carbonyl (C=O) groups excluding carboxylic acids is 1. The van der Waals surface area contributed by atoms with Crippen molar-refractivity contribution >= 4 is 11.6 Å². The highest BCUT2D eigenvalue weighted by Crippen LogP contribution is 2.38. The van der Waals surface area contributed by atoms with E-state index in [9.17, 15) is 4.79 Å². The summed E-state index contributed by atoms with van der Waals surface area (Å²) in [6.45, 7) is 0.219. The maximum atomic E-state index is 12.3. The minimum atomic E-state index is -0.389. The second-order valence-electron chi connectivity index (χ2n) is 6.64. The van der Waals surface area contributed by atoms with Crippen molar-refractivity contribution in [3.8, 4) is 17.3 Å². The SMILES string of the molecule is O=C(Nc1ccc(OCc2noc(C3CC3)n2)cc1)c1cc(-c2ccco2)on1. The quantitative estimate of drug-likeness (QED) is 0.501. The van der Waals surface area contributed by atoms with E-state index in [2.05, 4.69) is 20.6 Å². The molecule has 0 spiro atoms. The number of amides is 1. The molecule has 0 aliphatic heterocycles. The van der Waals surface area contributed by atoms with Crippen LogP contribution < -0.4 is 10.1 Å². The van der Waals surface area contributed by atoms with Gasteiger partial charge in [-0.25, -0.2) is 0 Å². The molecule has 9 nitrogen and oxygen atoms in total. The fraction of sp³-hybridized carbons (Fsp3) is 0.200. The molecule has 0 bridgehead atoms. The number of ether oxygens (including phenoxy) is 1. The van der Waals surface area contributed by atoms with Gasteiger partial charge in [0.1, 0.15) is 5.75 Å². The lowest BCUT2D eigenvalue weighted by molar-refractivity contribution is 0.101. The summed E-state index contributed by atoms with van der Waals surface area (Å²) in [6.07, 6.45) is 3.73. The predicted octanol–water partition coefficient (Wildman–Crippen LogP) is 4.03. The summed E-state index contributed by atoms with van der Waals surface area (Å²) in [6, 6.07) is 11.9. The summed E-state index contributed by atoms with van der Waals surface area (Å²) >= 11 is 0. The summed E-state index contributed by atoms with van der Waals surface area (Å²) in [7, 11) is 0. The Hall–Kier alpha value is -3.88. The Balaban J connectivity index is 1.17. The van der Waals surface area contributed by atoms with Crippen LogP contribution in [0.25, 0.3) is 11.5 Å². The topological polar surface area (TPSA) is 116 Å². The van der Waals surface area contributed by atoms with Crippen LogP contribution in [0.4, 0.5) is 5.69 Å². The average Bonchev–Trinajstić information content (AvgIpc) is 3.18. The minimum absolute atomic E-state index is 0.153. The van der Waals surface area contributed by atoms with E-state index >= 15 is 0 Å². The Labute approximate surface area is 164 Å². The third-order valence-electron chi connectivity index (χ3n) is 4.40. The molecular formula is C20H16N4O5. The third-order valence-corrected chi connectivity index (χ3v) is 4.40. The average molecular weight is 392 g/mol. The van der Waals surface area contributed by atoms with Crippen LogP contribution in [0.3, 0.4) is 0 Å². The molecule has 1 aromatic carbocycles. The molecule has 146 valence electrons. The van der Waals surface area contributed by atoms with Gasteiger partial charge >= 0.3 is 0 Å². The molecule has 4 aromatic rings. The first-order valence-electron chi connectivity index (χ1n) is 9.12. The summed E-state index contributed by atoms with van der Waals surface area (Å²) < 4.78 is 21.2. The second kappa shape index (κ2) is 7.27. The number of furan rings is 1. The fourth-order valence-electron chi connectivity index (χ4n) is 2.72. The lowest BCUT2D eigenvalue weighted by atomic mass is 10.2. The van der Waals surface area contributed by atoms with Gasteiger partial charge in [-0.05, 0) is 49.2 Å². The van der Waals surface area contributed by atoms with Gasteiger partial charge in [0, 0.05) is 17.7 Å². The number of hydrogen-bond acceptors (Lipinski definition) is 8. The molecule has 5 rings (SSSR count). The highest BCUT2D eigenvalue weighted by Gasteiger charge is 2.29. The Kier molecular flexibility index (Phi) is 4.32. The minimum Gasteiger partial charge on any atom is -0.485 e. The van der Waals surface area contributed by atoms with Crippen molar-refractivity contribution in [1.82, 2.24) is 15.3 Å². The zero-order valence-electron chi connectivity index (χ0n) is 15.2. The molecule has 29 heavy (non-hydrogen) atoms. The van der Waals surface area contributed by atoms with Crippen molar-refractivity contribution < 1.29 is 23.0 Å². The van der Waals surface area contributed by atoms with E-state index in [-0.39, 0.29) is 18.2 Å². The zero-order valence-corrected chi connectivity index (χ0v) is 15.2. The van der Waals surface area contributed by atoms with Crippen LogP contribution in [0.5, 0.6) is 5.75 Å². The van der Waals surface area contributed by atoms with Crippen molar-refractivity contribution in [1.29, 1.82) is 0 Å². The molecule has 1 aliphatic rings. The van der Waals surface area contributed by atoms with Crippen molar-refractivity contribution in [2.24, 2.45) is 0 Å². The van der Waals surface area contributed by atoms with Gasteiger partial charge in [0.15, 0.2) is 18.1 Å². The molecule has 3 heterocycles. The van der Waals surface area contributed by atoms with Gasteiger partial charge in [0.2, 0.25) is 17.5 Å². The number of anilines is 1. The first-order chi connectivity index (χ1) is 14.2. The van der Waals surface area contributed by atoms with Gasteiger partial charge in [-0.3, -0.25) is 4.79 Å². The summed E-state index contributed by atoms with van der Waals surface area (Å²) in [5.74, 6) is 2.74. The van der Waals surface area contributed by atoms with E-state index in [0.717, 1.165) is 12.8 Å². The highest BCUT2D eigenvalue weighted by molar-refractivity contribution is 6.03. The van der Waals surface area contributed by atoms with Crippen LogP contribution in [-0.4, -0.2) is 21.2 Å². The molecule has 1 saturated carbocycles. The van der Waals surface area contributed by atoms with E-state index in [0.29, 0.717) is 40.6 Å². The first-order valence-corrected chi connectivity index (χ1v) is 9.12. The molecular weight excluding hydrogens is 376 g/mol. The molecule has 1 fully saturated rings. The smallest absolute Gasteiger partial charge is 0.277 e. The van der Waals surface area contributed by atoms with E-state index in [1.54, 1.807) is 36.4 Å². The van der Waals surface area contributed by atoms with Crippen molar-refractivity contribution in [3.05, 3.63) is 66.1 Å². The van der Waals surface area contributed by atoms with E-state index in [4.69, 9.17) is 18.2 Å². The van der Waals surface area contributed by atoms with Crippen LogP contribution in [0, 0.1) is 0 Å². The van der Waals surface area contributed by atoms with Crippen LogP contribution in [0.1, 0.15) is 41.0 Å². The fourth-order valence-corrected chi connectivity index (χ4v) is 2.72. The lowest BCUT2D eigenvalue weighted by Crippen LogP contribution is -2.12. The predicted molar refractivity (Wildman–Crippen MR) is 99.2 cm³/mol. The van der Waals surface area contributed by atoms with E-state index in [1.165, 1.54) is 12.3 Å². The molecule has 0 unspecified atom stereocenters. The maximum absolute atomic E-state index is 12.3. The highest BCUT2D eigenvalue weighted by atomic mass is 16.5. The Bertz CT molecular complexity index is 1110. The Morgan fingerprint density at radius 1 is 1.10 bits per heavy atom. The number of benzene rings is 1. The molecule has 1 aliphatic carbocycles. The van der Waals surface area contributed by atoms with Gasteiger partial charge in [0.05, 0.1) is 6.26 Å². The molecule has 0 radical (unpaired) electrons. The van der Waals surface area contributed by atoms with Crippen LogP contribution >= 0.6 is 0 Å². The van der Waals surface area contributed by atoms with E-state index in [1.807, 2.05) is 0 Å². The van der Waals surface area contributed by atoms with Gasteiger partial charge in [-0.2, -0.15) is 4.98 Å². The number of hydrogen-bond donors (Lipinski definition) is 1. The lowest BCUT2D eigenvalue weighted by Gasteiger charge is -2.06. The molecule has 3 aromatic heterocycles. The van der Waals surface area contributed by atoms with Gasteiger partial charge < -0.3 is 23.5 Å². The number of rotatable bonds is 7. The van der Waals surface area contributed by atoms with Crippen LogP contribution in [0.15, 0.2) is 62.2 Å². The zero-order chi connectivity index (χ0) is 19.6. The first kappa shape index (κ1) is 17.2. The summed E-state index contributed by atoms with van der Waals surface area (Å²) in [4.78, 5) is 16.6. The number of carbonyl (C=O) groups is 1. The number of aromatic nitrogens is 3. The molecule has 1 amide bonds. The van der Waals surface area contributed by atoms with Crippen molar-refractivity contribution in [2.75, 3.05) is 5.32 Å². The van der Waals surface area contributed by atoms with Crippen LogP contribution in [0.2, 0.25) is 0 Å². The number of nitrogens with one attached hydrogen (secondary N) is 1. The molecule has 1 N–H and O–H groups in total. The molecule has 9 heteroatoms. The maximum Gasteiger partial charge on any atom is 0.277 e. The third kappa shape index (κ3) is 3.88. The number of nitrogens with zero attached hydrogens (tertiary/aromatic N) is 3. The van der Waals surface area contributed by atoms with Crippen molar-refractivity contribution in [3.63, 3.8) is 0 Å². The summed E-state index contributed by atoms with van der Waals surface area (Å²) in [5.41, 5.74) is 0.751. The van der Waals surface area contributed by atoms with Crippen LogP contribution in [-0.2, 0) is 6.61 Å². The van der Waals surface area contributed by atoms with Gasteiger partial charge in [0.25, 0.3) is 5.91 Å². The Morgan fingerprint density at radius 3 is 2.72 bits per heavy atom. The summed E-state index contributed by atoms with van der Waals surface area (Å²) in [5, 5.41) is 10.4. The van der Waals surface area contributed by atoms with E-state index < -0.39 is 0 Å². The Morgan fingerprint density at radius 2 is 1.97 bits per heavy atom. The normalized spacial score (nSPS) is 13.4. The monoisotopic (exact) mass is 392 g/mol. The largest absolute Gasteiger partial charge is 0.485 e. The van der Waals surface area contributed by atoms with Crippen molar-refractivity contribution in [2.45, 2.75) is 25.4 Å². The molecule has 0 saturated heterocycles. The van der Waals surface area contributed by atoms with Gasteiger partial charge in [-0.15, -0.1) is 0 Å². The second-order valence-corrected chi connectivity index (χ2v) is 6.64. The molecule has 0 atom stereocenters. The van der Waals surface area contributed by atoms with Gasteiger partial charge in [-0.1, -0.05) is 10.3 Å².